The number of hydrogen-bond donors (Lipinski definition) is 2. The zero-order chi connectivity index (χ0) is 17.2. The molecule has 1 aromatic carbocycles. The first-order valence-electron chi connectivity index (χ1n) is 8.99. The summed E-state index contributed by atoms with van der Waals surface area (Å²) < 4.78 is 0. The van der Waals surface area contributed by atoms with Crippen LogP contribution in [0, 0.1) is 0 Å². The molecule has 1 aromatic heterocycles. The van der Waals surface area contributed by atoms with Gasteiger partial charge in [-0.25, -0.2) is 9.97 Å². The molecule has 1 aliphatic heterocycles. The Bertz CT molecular complexity index is 754. The lowest BCUT2D eigenvalue weighted by molar-refractivity contribution is 0.239. The molecule has 2 atom stereocenters. The van der Waals surface area contributed by atoms with Crippen molar-refractivity contribution >= 4 is 23.2 Å². The van der Waals surface area contributed by atoms with Crippen molar-refractivity contribution in [3.63, 3.8) is 0 Å². The lowest BCUT2D eigenvalue weighted by Crippen LogP contribution is -2.42. The summed E-state index contributed by atoms with van der Waals surface area (Å²) in [5.41, 5.74) is 2.51. The second-order valence-electron chi connectivity index (χ2n) is 6.83. The van der Waals surface area contributed by atoms with Gasteiger partial charge in [-0.15, -0.1) is 0 Å². The molecule has 2 aromatic rings. The van der Waals surface area contributed by atoms with Crippen molar-refractivity contribution in [3.8, 4) is 0 Å². The first kappa shape index (κ1) is 16.6. The fourth-order valence-electron chi connectivity index (χ4n) is 4.01. The van der Waals surface area contributed by atoms with Gasteiger partial charge in [0.05, 0.1) is 18.7 Å². The van der Waals surface area contributed by atoms with Crippen LogP contribution in [-0.2, 0) is 6.42 Å². The van der Waals surface area contributed by atoms with Crippen molar-refractivity contribution in [2.45, 2.75) is 44.2 Å². The number of rotatable bonds is 4. The summed E-state index contributed by atoms with van der Waals surface area (Å²) in [5.74, 6) is 1.71. The van der Waals surface area contributed by atoms with E-state index < -0.39 is 0 Å². The van der Waals surface area contributed by atoms with Crippen LogP contribution in [-0.4, -0.2) is 34.3 Å². The Balaban J connectivity index is 1.54. The van der Waals surface area contributed by atoms with E-state index >= 15 is 0 Å². The molecular weight excluding hydrogens is 336 g/mol. The smallest absolute Gasteiger partial charge is 0.134 e. The second-order valence-corrected chi connectivity index (χ2v) is 7.24. The van der Waals surface area contributed by atoms with Crippen LogP contribution in [0.15, 0.2) is 30.6 Å². The maximum atomic E-state index is 9.64. The highest BCUT2D eigenvalue weighted by molar-refractivity contribution is 6.31. The van der Waals surface area contributed by atoms with Crippen molar-refractivity contribution in [2.75, 3.05) is 23.4 Å². The highest BCUT2D eigenvalue weighted by Crippen LogP contribution is 2.37. The molecule has 2 heterocycles. The summed E-state index contributed by atoms with van der Waals surface area (Å²) in [7, 11) is 0. The Labute approximate surface area is 153 Å². The summed E-state index contributed by atoms with van der Waals surface area (Å²) in [4.78, 5) is 11.0. The quantitative estimate of drug-likeness (QED) is 0.874. The molecule has 0 bridgehead atoms. The van der Waals surface area contributed by atoms with Gasteiger partial charge in [-0.05, 0) is 49.3 Å². The predicted octanol–water partition coefficient (Wildman–Crippen LogP) is 3.58. The number of aliphatic hydroxyl groups is 1. The summed E-state index contributed by atoms with van der Waals surface area (Å²) >= 11 is 6.31. The van der Waals surface area contributed by atoms with Gasteiger partial charge < -0.3 is 15.3 Å². The molecule has 0 spiro atoms. The molecule has 0 saturated carbocycles. The lowest BCUT2D eigenvalue weighted by Gasteiger charge is -2.35. The van der Waals surface area contributed by atoms with E-state index in [0.717, 1.165) is 55.3 Å². The number of benzene rings is 1. The molecule has 1 fully saturated rings. The zero-order valence-electron chi connectivity index (χ0n) is 14.2. The molecule has 1 saturated heterocycles. The number of fused-ring (bicyclic) bond motifs is 1. The van der Waals surface area contributed by atoms with E-state index in [1.54, 1.807) is 6.33 Å². The van der Waals surface area contributed by atoms with Gasteiger partial charge in [0.2, 0.25) is 0 Å². The Hall–Kier alpha value is -1.85. The molecule has 25 heavy (non-hydrogen) atoms. The van der Waals surface area contributed by atoms with Crippen LogP contribution in [0.5, 0.6) is 0 Å². The van der Waals surface area contributed by atoms with Gasteiger partial charge in [0.1, 0.15) is 18.0 Å². The van der Waals surface area contributed by atoms with Crippen molar-refractivity contribution in [2.24, 2.45) is 0 Å². The van der Waals surface area contributed by atoms with Gasteiger partial charge in [0, 0.05) is 17.6 Å². The third-order valence-electron chi connectivity index (χ3n) is 5.32. The maximum absolute atomic E-state index is 9.64. The number of anilines is 2. The summed E-state index contributed by atoms with van der Waals surface area (Å²) in [5, 5.41) is 14.0. The highest BCUT2D eigenvalue weighted by atomic mass is 35.5. The van der Waals surface area contributed by atoms with Crippen LogP contribution >= 0.6 is 11.6 Å². The van der Waals surface area contributed by atoms with Gasteiger partial charge in [0.15, 0.2) is 0 Å². The third-order valence-corrected chi connectivity index (χ3v) is 5.67. The van der Waals surface area contributed by atoms with E-state index in [0.29, 0.717) is 0 Å². The molecule has 2 N–H and O–H groups in total. The number of hydrogen-bond acceptors (Lipinski definition) is 5. The average molecular weight is 359 g/mol. The average Bonchev–Trinajstić information content (AvgIpc) is 3.06. The number of halogens is 1. The fourth-order valence-corrected chi connectivity index (χ4v) is 4.29. The number of piperidine rings is 1. The highest BCUT2D eigenvalue weighted by Gasteiger charge is 2.26. The SMILES string of the molecule is OCC1CCCCN1c1cc(NC2CCc3c(Cl)cccc32)ncn1. The fraction of sp³-hybridized carbons (Fsp3) is 0.474. The Morgan fingerprint density at radius 2 is 2.16 bits per heavy atom. The topological polar surface area (TPSA) is 61.3 Å². The van der Waals surface area contributed by atoms with E-state index in [1.165, 1.54) is 11.1 Å². The van der Waals surface area contributed by atoms with Crippen LogP contribution in [0.2, 0.25) is 5.02 Å². The van der Waals surface area contributed by atoms with Gasteiger partial charge in [0.25, 0.3) is 0 Å². The second kappa shape index (κ2) is 7.18. The van der Waals surface area contributed by atoms with E-state index in [2.05, 4.69) is 26.3 Å². The van der Waals surface area contributed by atoms with Crippen LogP contribution in [0.3, 0.4) is 0 Å². The van der Waals surface area contributed by atoms with Crippen molar-refractivity contribution in [1.29, 1.82) is 0 Å². The molecule has 2 unspecified atom stereocenters. The largest absolute Gasteiger partial charge is 0.394 e. The number of aliphatic hydroxyl groups excluding tert-OH is 1. The number of nitrogens with one attached hydrogen (secondary N) is 1. The van der Waals surface area contributed by atoms with Crippen LogP contribution in [0.4, 0.5) is 11.6 Å². The van der Waals surface area contributed by atoms with Gasteiger partial charge >= 0.3 is 0 Å². The first-order chi connectivity index (χ1) is 12.3. The standard InChI is InChI=1S/C19H23ClN4O/c20-16-6-3-5-15-14(16)7-8-17(15)23-18-10-19(22-12-21-18)24-9-2-1-4-13(24)11-25/h3,5-6,10,12-13,17,25H,1-2,4,7-9,11H2,(H,21,22,23). The summed E-state index contributed by atoms with van der Waals surface area (Å²) in [6, 6.07) is 8.48. The summed E-state index contributed by atoms with van der Waals surface area (Å²) in [6.45, 7) is 1.10. The minimum absolute atomic E-state index is 0.155. The number of nitrogens with zero attached hydrogens (tertiary/aromatic N) is 3. The molecule has 4 rings (SSSR count). The van der Waals surface area contributed by atoms with Crippen LogP contribution < -0.4 is 10.2 Å². The molecule has 132 valence electrons. The van der Waals surface area contributed by atoms with Crippen LogP contribution in [0.1, 0.15) is 42.9 Å². The normalized spacial score (nSPS) is 22.7. The molecule has 0 radical (unpaired) electrons. The molecule has 5 nitrogen and oxygen atoms in total. The number of aromatic nitrogens is 2. The van der Waals surface area contributed by atoms with Gasteiger partial charge in [-0.3, -0.25) is 0 Å². The molecule has 6 heteroatoms. The van der Waals surface area contributed by atoms with E-state index in [4.69, 9.17) is 11.6 Å². The molecular formula is C19H23ClN4O. The summed E-state index contributed by atoms with van der Waals surface area (Å²) in [6.07, 6.45) is 6.92. The van der Waals surface area contributed by atoms with E-state index in [1.807, 2.05) is 18.2 Å². The maximum Gasteiger partial charge on any atom is 0.134 e. The Morgan fingerprint density at radius 3 is 3.04 bits per heavy atom. The molecule has 0 amide bonds. The predicted molar refractivity (Wildman–Crippen MR) is 100 cm³/mol. The first-order valence-corrected chi connectivity index (χ1v) is 9.37. The van der Waals surface area contributed by atoms with Gasteiger partial charge in [-0.2, -0.15) is 0 Å². The van der Waals surface area contributed by atoms with E-state index in [9.17, 15) is 5.11 Å². The van der Waals surface area contributed by atoms with Crippen LogP contribution in [0.25, 0.3) is 0 Å². The van der Waals surface area contributed by atoms with Crippen molar-refractivity contribution in [1.82, 2.24) is 9.97 Å². The molecule has 1 aliphatic carbocycles. The van der Waals surface area contributed by atoms with Crippen molar-refractivity contribution < 1.29 is 5.11 Å². The zero-order valence-corrected chi connectivity index (χ0v) is 14.9. The third kappa shape index (κ3) is 3.31. The lowest BCUT2D eigenvalue weighted by atomic mass is 10.0. The van der Waals surface area contributed by atoms with Gasteiger partial charge in [-0.1, -0.05) is 23.7 Å². The van der Waals surface area contributed by atoms with Crippen molar-refractivity contribution in [3.05, 3.63) is 46.7 Å². The Morgan fingerprint density at radius 1 is 1.24 bits per heavy atom. The molecule has 2 aliphatic rings. The van der Waals surface area contributed by atoms with E-state index in [-0.39, 0.29) is 18.7 Å². The minimum atomic E-state index is 0.155. The monoisotopic (exact) mass is 358 g/mol. The Kier molecular flexibility index (Phi) is 4.77. The minimum Gasteiger partial charge on any atom is -0.394 e.